The number of nitrogens with one attached hydrogen (secondary N) is 1. The first-order valence-corrected chi connectivity index (χ1v) is 9.64. The Labute approximate surface area is 158 Å². The van der Waals surface area contributed by atoms with Crippen molar-refractivity contribution >= 4 is 17.3 Å². The van der Waals surface area contributed by atoms with Gasteiger partial charge < -0.3 is 10.2 Å². The first-order chi connectivity index (χ1) is 13.2. The van der Waals surface area contributed by atoms with Gasteiger partial charge in [0.2, 0.25) is 0 Å². The van der Waals surface area contributed by atoms with Crippen LogP contribution in [0.1, 0.15) is 57.5 Å². The van der Waals surface area contributed by atoms with Crippen molar-refractivity contribution in [3.63, 3.8) is 0 Å². The molecule has 5 heteroatoms. The number of ketones is 2. The monoisotopic (exact) mass is 366 g/mol. The maximum Gasteiger partial charge on any atom is 0.197 e. The van der Waals surface area contributed by atoms with Crippen molar-refractivity contribution in [1.29, 1.82) is 0 Å². The molecule has 1 saturated heterocycles. The lowest BCUT2D eigenvalue weighted by molar-refractivity contribution is 0.0976. The molecular weight excluding hydrogens is 343 g/mol. The number of rotatable bonds is 5. The van der Waals surface area contributed by atoms with Crippen molar-refractivity contribution in [2.24, 2.45) is 0 Å². The Morgan fingerprint density at radius 2 is 1.56 bits per heavy atom. The van der Waals surface area contributed by atoms with Crippen molar-refractivity contribution in [2.45, 2.75) is 25.7 Å². The van der Waals surface area contributed by atoms with Gasteiger partial charge in [-0.15, -0.1) is 0 Å². The highest BCUT2D eigenvalue weighted by Crippen LogP contribution is 2.33. The van der Waals surface area contributed by atoms with E-state index < -0.39 is 11.6 Å². The molecule has 1 heterocycles. The molecule has 0 spiro atoms. The number of benzene rings is 2. The van der Waals surface area contributed by atoms with E-state index >= 15 is 0 Å². The van der Waals surface area contributed by atoms with Crippen LogP contribution in [0, 0.1) is 5.82 Å². The Morgan fingerprint density at radius 3 is 2.26 bits per heavy atom. The quantitative estimate of drug-likeness (QED) is 0.696. The van der Waals surface area contributed by atoms with Crippen molar-refractivity contribution < 1.29 is 14.0 Å². The normalized spacial score (nSPS) is 16.8. The van der Waals surface area contributed by atoms with E-state index in [-0.39, 0.29) is 22.5 Å². The molecule has 27 heavy (non-hydrogen) atoms. The molecule has 0 atom stereocenters. The van der Waals surface area contributed by atoms with Crippen LogP contribution < -0.4 is 5.32 Å². The summed E-state index contributed by atoms with van der Waals surface area (Å²) >= 11 is 0. The number of carbonyl (C=O) groups is 2. The molecule has 0 saturated carbocycles. The molecular formula is C22H23FN2O2. The Morgan fingerprint density at radius 1 is 0.889 bits per heavy atom. The summed E-state index contributed by atoms with van der Waals surface area (Å²) < 4.78 is 14.4. The Hall–Kier alpha value is -2.53. The van der Waals surface area contributed by atoms with Crippen LogP contribution in [-0.4, -0.2) is 42.6 Å². The van der Waals surface area contributed by atoms with Crippen LogP contribution in [0.3, 0.4) is 0 Å². The number of likely N-dealkylation sites (tertiary alicyclic amines) is 1. The van der Waals surface area contributed by atoms with Crippen LogP contribution in [0.2, 0.25) is 0 Å². The van der Waals surface area contributed by atoms with Crippen LogP contribution in [0.25, 0.3) is 0 Å². The second-order valence-corrected chi connectivity index (χ2v) is 7.23. The Kier molecular flexibility index (Phi) is 5.03. The number of anilines is 1. The zero-order valence-electron chi connectivity index (χ0n) is 15.3. The molecule has 0 amide bonds. The molecule has 140 valence electrons. The van der Waals surface area contributed by atoms with Crippen molar-refractivity contribution in [2.75, 3.05) is 31.5 Å². The third kappa shape index (κ3) is 3.39. The van der Waals surface area contributed by atoms with E-state index in [0.29, 0.717) is 17.8 Å². The summed E-state index contributed by atoms with van der Waals surface area (Å²) in [6, 6.07) is 9.45. The maximum absolute atomic E-state index is 14.4. The largest absolute Gasteiger partial charge is 0.384 e. The van der Waals surface area contributed by atoms with Gasteiger partial charge in [-0.05, 0) is 51.0 Å². The molecule has 1 aliphatic carbocycles. The van der Waals surface area contributed by atoms with E-state index in [0.717, 1.165) is 26.1 Å². The number of nitrogens with zero attached hydrogens (tertiary/aromatic N) is 1. The highest BCUT2D eigenvalue weighted by molar-refractivity contribution is 6.30. The zero-order valence-corrected chi connectivity index (χ0v) is 15.3. The molecule has 1 fully saturated rings. The Balaban J connectivity index is 1.53. The topological polar surface area (TPSA) is 49.4 Å². The lowest BCUT2D eigenvalue weighted by Gasteiger charge is -2.26. The van der Waals surface area contributed by atoms with Gasteiger partial charge in [0.25, 0.3) is 0 Å². The molecule has 0 aromatic heterocycles. The molecule has 4 nitrogen and oxygen atoms in total. The smallest absolute Gasteiger partial charge is 0.197 e. The van der Waals surface area contributed by atoms with E-state index in [9.17, 15) is 14.0 Å². The summed E-state index contributed by atoms with van der Waals surface area (Å²) in [7, 11) is 0. The molecule has 2 aliphatic rings. The maximum atomic E-state index is 14.4. The zero-order chi connectivity index (χ0) is 18.8. The summed E-state index contributed by atoms with van der Waals surface area (Å²) in [6.45, 7) is 3.98. The predicted molar refractivity (Wildman–Crippen MR) is 103 cm³/mol. The highest BCUT2D eigenvalue weighted by Gasteiger charge is 2.33. The minimum atomic E-state index is -0.642. The SMILES string of the molecule is O=C1c2ccccc2C(=O)c2c(NCCCN3CCCCC3)ccc(F)c21. The van der Waals surface area contributed by atoms with E-state index in [1.807, 2.05) is 0 Å². The summed E-state index contributed by atoms with van der Waals surface area (Å²) in [4.78, 5) is 28.1. The third-order valence-electron chi connectivity index (χ3n) is 5.44. The van der Waals surface area contributed by atoms with Crippen LogP contribution >= 0.6 is 0 Å². The first kappa shape index (κ1) is 17.9. The van der Waals surface area contributed by atoms with Crippen LogP contribution in [0.15, 0.2) is 36.4 Å². The molecule has 2 aromatic rings. The number of hydrogen-bond acceptors (Lipinski definition) is 4. The lowest BCUT2D eigenvalue weighted by Crippen LogP contribution is -2.31. The van der Waals surface area contributed by atoms with Gasteiger partial charge in [-0.1, -0.05) is 30.7 Å². The van der Waals surface area contributed by atoms with Gasteiger partial charge in [-0.3, -0.25) is 9.59 Å². The fourth-order valence-electron chi connectivity index (χ4n) is 4.04. The second kappa shape index (κ2) is 7.61. The fraction of sp³-hybridized carbons (Fsp3) is 0.364. The summed E-state index contributed by atoms with van der Waals surface area (Å²) in [5, 5.41) is 3.25. The molecule has 0 bridgehead atoms. The predicted octanol–water partition coefficient (Wildman–Crippen LogP) is 3.89. The highest BCUT2D eigenvalue weighted by atomic mass is 19.1. The van der Waals surface area contributed by atoms with E-state index in [1.165, 1.54) is 25.3 Å². The minimum absolute atomic E-state index is 0.111. The summed E-state index contributed by atoms with van der Waals surface area (Å²) in [5.74, 6) is -1.36. The number of fused-ring (bicyclic) bond motifs is 2. The van der Waals surface area contributed by atoms with Crippen LogP contribution in [-0.2, 0) is 0 Å². The average molecular weight is 366 g/mol. The number of piperidine rings is 1. The van der Waals surface area contributed by atoms with Gasteiger partial charge in [0, 0.05) is 23.4 Å². The van der Waals surface area contributed by atoms with Gasteiger partial charge in [0.05, 0.1) is 11.1 Å². The molecule has 0 radical (unpaired) electrons. The van der Waals surface area contributed by atoms with E-state index in [4.69, 9.17) is 0 Å². The van der Waals surface area contributed by atoms with Gasteiger partial charge in [-0.25, -0.2) is 4.39 Å². The minimum Gasteiger partial charge on any atom is -0.384 e. The van der Waals surface area contributed by atoms with E-state index in [1.54, 1.807) is 30.3 Å². The average Bonchev–Trinajstić information content (AvgIpc) is 2.71. The van der Waals surface area contributed by atoms with Crippen molar-refractivity contribution in [3.05, 3.63) is 64.5 Å². The molecule has 1 aliphatic heterocycles. The fourth-order valence-corrected chi connectivity index (χ4v) is 4.04. The van der Waals surface area contributed by atoms with Gasteiger partial charge >= 0.3 is 0 Å². The molecule has 0 unspecified atom stereocenters. The molecule has 2 aromatic carbocycles. The lowest BCUT2D eigenvalue weighted by atomic mass is 9.83. The first-order valence-electron chi connectivity index (χ1n) is 9.64. The summed E-state index contributed by atoms with van der Waals surface area (Å²) in [6.07, 6.45) is 4.77. The van der Waals surface area contributed by atoms with Crippen LogP contribution in [0.5, 0.6) is 0 Å². The number of carbonyl (C=O) groups excluding carboxylic acids is 2. The van der Waals surface area contributed by atoms with Crippen molar-refractivity contribution in [1.82, 2.24) is 4.90 Å². The van der Waals surface area contributed by atoms with Gasteiger partial charge in [-0.2, -0.15) is 0 Å². The van der Waals surface area contributed by atoms with Gasteiger partial charge in [0.15, 0.2) is 11.6 Å². The van der Waals surface area contributed by atoms with E-state index in [2.05, 4.69) is 10.2 Å². The second-order valence-electron chi connectivity index (χ2n) is 7.23. The summed E-state index contributed by atoms with van der Waals surface area (Å²) in [5.41, 5.74) is 1.21. The third-order valence-corrected chi connectivity index (χ3v) is 5.44. The van der Waals surface area contributed by atoms with Crippen molar-refractivity contribution in [3.8, 4) is 0 Å². The molecule has 4 rings (SSSR count). The standard InChI is InChI=1S/C22H23FN2O2/c23-17-9-10-18(24-11-6-14-25-12-4-1-5-13-25)20-19(17)21(26)15-7-2-3-8-16(15)22(20)27/h2-3,7-10,24H,1,4-6,11-14H2. The van der Waals surface area contributed by atoms with Crippen LogP contribution in [0.4, 0.5) is 10.1 Å². The number of hydrogen-bond donors (Lipinski definition) is 1. The Bertz CT molecular complexity index is 888. The molecule has 1 N–H and O–H groups in total. The van der Waals surface area contributed by atoms with Gasteiger partial charge in [0.1, 0.15) is 5.82 Å². The number of halogens is 1.